The van der Waals surface area contributed by atoms with E-state index in [1.807, 2.05) is 12.1 Å². The van der Waals surface area contributed by atoms with Gasteiger partial charge in [0.2, 0.25) is 0 Å². The van der Waals surface area contributed by atoms with Gasteiger partial charge in [-0.2, -0.15) is 0 Å². The molecule has 0 amide bonds. The smallest absolute Gasteiger partial charge is 0.126 e. The van der Waals surface area contributed by atoms with Gasteiger partial charge in [0.1, 0.15) is 17.6 Å². The average Bonchev–Trinajstić information content (AvgIpc) is 2.94. The summed E-state index contributed by atoms with van der Waals surface area (Å²) in [7, 11) is 0. The third-order valence-electron chi connectivity index (χ3n) is 3.37. The molecule has 1 aliphatic heterocycles. The van der Waals surface area contributed by atoms with Crippen LogP contribution in [0.4, 0.5) is 0 Å². The van der Waals surface area contributed by atoms with Crippen molar-refractivity contribution in [2.45, 2.75) is 18.9 Å². The van der Waals surface area contributed by atoms with Gasteiger partial charge in [-0.15, -0.1) is 6.58 Å². The molecular formula is C18H18Cl2O3. The van der Waals surface area contributed by atoms with E-state index in [1.54, 1.807) is 30.3 Å². The monoisotopic (exact) mass is 352 g/mol. The molecule has 0 saturated heterocycles. The standard InChI is InChI=1S/C9H9ClO2.C9H9ClO/c10-7-1-2-9-6(3-7)4-8(5-11)12-9;1-2-3-7-6-8(10)4-5-9(7)11/h1-3,8,11H,4-5H2;2,4-6,11H,1,3H2. The lowest BCUT2D eigenvalue weighted by Gasteiger charge is -2.04. The van der Waals surface area contributed by atoms with E-state index in [0.29, 0.717) is 11.4 Å². The predicted octanol–water partition coefficient (Wildman–Crippen LogP) is 4.41. The van der Waals surface area contributed by atoms with E-state index in [4.69, 9.17) is 33.0 Å². The molecule has 0 aromatic heterocycles. The summed E-state index contributed by atoms with van der Waals surface area (Å²) >= 11 is 11.5. The lowest BCUT2D eigenvalue weighted by atomic mass is 10.1. The molecule has 23 heavy (non-hydrogen) atoms. The molecule has 1 aliphatic rings. The fourth-order valence-corrected chi connectivity index (χ4v) is 2.65. The van der Waals surface area contributed by atoms with Gasteiger partial charge >= 0.3 is 0 Å². The van der Waals surface area contributed by atoms with Crippen molar-refractivity contribution in [2.75, 3.05) is 6.61 Å². The van der Waals surface area contributed by atoms with Gasteiger partial charge in [0.25, 0.3) is 0 Å². The number of halogens is 2. The zero-order valence-electron chi connectivity index (χ0n) is 12.5. The summed E-state index contributed by atoms with van der Waals surface area (Å²) < 4.78 is 5.40. The topological polar surface area (TPSA) is 49.7 Å². The maximum atomic E-state index is 9.26. The first-order chi connectivity index (χ1) is 11.0. The molecule has 0 aliphatic carbocycles. The molecule has 1 heterocycles. The molecule has 1 atom stereocenters. The Bertz CT molecular complexity index is 686. The number of hydrogen-bond donors (Lipinski definition) is 2. The van der Waals surface area contributed by atoms with Crippen molar-refractivity contribution >= 4 is 23.2 Å². The van der Waals surface area contributed by atoms with Gasteiger partial charge in [0.05, 0.1) is 6.61 Å². The van der Waals surface area contributed by atoms with E-state index in [2.05, 4.69) is 6.58 Å². The van der Waals surface area contributed by atoms with Crippen LogP contribution in [0.5, 0.6) is 11.5 Å². The summed E-state index contributed by atoms with van der Waals surface area (Å²) in [4.78, 5) is 0. The quantitative estimate of drug-likeness (QED) is 0.804. The molecule has 3 nitrogen and oxygen atoms in total. The third-order valence-corrected chi connectivity index (χ3v) is 3.84. The first-order valence-corrected chi connectivity index (χ1v) is 7.93. The van der Waals surface area contributed by atoms with Crippen LogP contribution in [0, 0.1) is 0 Å². The summed E-state index contributed by atoms with van der Waals surface area (Å²) in [6, 6.07) is 10.5. The molecular weight excluding hydrogens is 335 g/mol. The van der Waals surface area contributed by atoms with Crippen LogP contribution in [0.3, 0.4) is 0 Å². The number of hydrogen-bond acceptors (Lipinski definition) is 3. The molecule has 3 rings (SSSR count). The lowest BCUT2D eigenvalue weighted by molar-refractivity contribution is 0.134. The van der Waals surface area contributed by atoms with Gasteiger partial charge < -0.3 is 14.9 Å². The number of phenolic OH excluding ortho intramolecular Hbond substituents is 1. The maximum absolute atomic E-state index is 9.26. The summed E-state index contributed by atoms with van der Waals surface area (Å²) in [6.45, 7) is 3.63. The Hall–Kier alpha value is -1.68. The Kier molecular flexibility index (Phi) is 6.34. The zero-order valence-corrected chi connectivity index (χ0v) is 14.0. The van der Waals surface area contributed by atoms with Crippen LogP contribution in [0.2, 0.25) is 10.0 Å². The van der Waals surface area contributed by atoms with Crippen LogP contribution in [-0.2, 0) is 12.8 Å². The van der Waals surface area contributed by atoms with Gasteiger partial charge in [-0.05, 0) is 53.9 Å². The number of rotatable bonds is 3. The molecule has 0 saturated carbocycles. The highest BCUT2D eigenvalue weighted by atomic mass is 35.5. The minimum Gasteiger partial charge on any atom is -0.508 e. The van der Waals surface area contributed by atoms with Gasteiger partial charge in [0.15, 0.2) is 0 Å². The van der Waals surface area contributed by atoms with Crippen molar-refractivity contribution in [3.63, 3.8) is 0 Å². The van der Waals surface area contributed by atoms with Gasteiger partial charge in [-0.1, -0.05) is 29.3 Å². The predicted molar refractivity (Wildman–Crippen MR) is 93.7 cm³/mol. The molecule has 1 unspecified atom stereocenters. The molecule has 122 valence electrons. The SMILES string of the molecule is C=CCc1cc(Cl)ccc1O.OCC1Cc2cc(Cl)ccc2O1. The first kappa shape index (κ1) is 17.7. The fourth-order valence-electron chi connectivity index (χ4n) is 2.26. The number of benzene rings is 2. The van der Waals surface area contributed by atoms with Crippen molar-refractivity contribution in [3.05, 3.63) is 70.2 Å². The molecule has 2 aromatic carbocycles. The van der Waals surface area contributed by atoms with E-state index >= 15 is 0 Å². The first-order valence-electron chi connectivity index (χ1n) is 7.17. The number of aliphatic hydroxyl groups excluding tert-OH is 1. The second kappa shape index (κ2) is 8.25. The van der Waals surface area contributed by atoms with Crippen LogP contribution >= 0.6 is 23.2 Å². The summed E-state index contributed by atoms with van der Waals surface area (Å²) in [6.07, 6.45) is 3.04. The van der Waals surface area contributed by atoms with E-state index in [0.717, 1.165) is 28.3 Å². The number of aromatic hydroxyl groups is 1. The average molecular weight is 353 g/mol. The lowest BCUT2D eigenvalue weighted by Crippen LogP contribution is -2.17. The molecule has 0 spiro atoms. The van der Waals surface area contributed by atoms with Crippen molar-refractivity contribution in [3.8, 4) is 11.5 Å². The van der Waals surface area contributed by atoms with Crippen LogP contribution in [0.1, 0.15) is 11.1 Å². The van der Waals surface area contributed by atoms with Crippen LogP contribution in [-0.4, -0.2) is 22.9 Å². The second-order valence-corrected chi connectivity index (χ2v) is 6.02. The van der Waals surface area contributed by atoms with Gasteiger partial charge in [-0.25, -0.2) is 0 Å². The Labute approximate surface area is 145 Å². The number of aliphatic hydroxyl groups is 1. The van der Waals surface area contributed by atoms with E-state index in [-0.39, 0.29) is 18.5 Å². The summed E-state index contributed by atoms with van der Waals surface area (Å²) in [5, 5.41) is 19.5. The Morgan fingerprint density at radius 2 is 1.87 bits per heavy atom. The molecule has 5 heteroatoms. The van der Waals surface area contributed by atoms with Crippen molar-refractivity contribution in [1.29, 1.82) is 0 Å². The third kappa shape index (κ3) is 4.90. The normalized spacial score (nSPS) is 15.2. The summed E-state index contributed by atoms with van der Waals surface area (Å²) in [5.74, 6) is 1.12. The fraction of sp³-hybridized carbons (Fsp3) is 0.222. The zero-order chi connectivity index (χ0) is 16.8. The van der Waals surface area contributed by atoms with Crippen LogP contribution in [0.15, 0.2) is 49.1 Å². The number of allylic oxidation sites excluding steroid dienone is 1. The van der Waals surface area contributed by atoms with E-state index < -0.39 is 0 Å². The Morgan fingerprint density at radius 1 is 1.17 bits per heavy atom. The molecule has 0 radical (unpaired) electrons. The number of ether oxygens (including phenoxy) is 1. The molecule has 2 aromatic rings. The highest BCUT2D eigenvalue weighted by molar-refractivity contribution is 6.31. The van der Waals surface area contributed by atoms with Crippen molar-refractivity contribution < 1.29 is 14.9 Å². The summed E-state index contributed by atoms with van der Waals surface area (Å²) in [5.41, 5.74) is 1.90. The van der Waals surface area contributed by atoms with Crippen molar-refractivity contribution in [1.82, 2.24) is 0 Å². The van der Waals surface area contributed by atoms with E-state index in [1.165, 1.54) is 0 Å². The highest BCUT2D eigenvalue weighted by Crippen LogP contribution is 2.30. The molecule has 2 N–H and O–H groups in total. The molecule has 0 fully saturated rings. The van der Waals surface area contributed by atoms with Crippen LogP contribution in [0.25, 0.3) is 0 Å². The van der Waals surface area contributed by atoms with Gasteiger partial charge in [-0.3, -0.25) is 0 Å². The minimum atomic E-state index is -0.0848. The Morgan fingerprint density at radius 3 is 2.57 bits per heavy atom. The highest BCUT2D eigenvalue weighted by Gasteiger charge is 2.21. The minimum absolute atomic E-state index is 0.0618. The van der Waals surface area contributed by atoms with Gasteiger partial charge in [0, 0.05) is 16.5 Å². The number of fused-ring (bicyclic) bond motifs is 1. The maximum Gasteiger partial charge on any atom is 0.126 e. The number of phenols is 1. The van der Waals surface area contributed by atoms with Crippen LogP contribution < -0.4 is 4.74 Å². The second-order valence-electron chi connectivity index (χ2n) is 5.14. The Balaban J connectivity index is 0.000000168. The molecule has 0 bridgehead atoms. The largest absolute Gasteiger partial charge is 0.508 e. The van der Waals surface area contributed by atoms with Crippen molar-refractivity contribution in [2.24, 2.45) is 0 Å². The van der Waals surface area contributed by atoms with E-state index in [9.17, 15) is 5.11 Å².